The Hall–Kier alpha value is -2.95. The molecular formula is C20H21N3O2. The second-order valence-electron chi connectivity index (χ2n) is 6.21. The molecule has 128 valence electrons. The van der Waals surface area contributed by atoms with Gasteiger partial charge in [0.15, 0.2) is 0 Å². The number of hydrogen-bond donors (Lipinski definition) is 1. The van der Waals surface area contributed by atoms with Crippen molar-refractivity contribution in [1.82, 2.24) is 15.5 Å². The first-order valence-corrected chi connectivity index (χ1v) is 8.19. The first-order chi connectivity index (χ1) is 12.0. The molecule has 1 aromatic carbocycles. The number of carbonyl (C=O) groups excluding carboxylic acids is 1. The number of aryl methyl sites for hydroxylation is 4. The van der Waals surface area contributed by atoms with Crippen molar-refractivity contribution in [3.8, 4) is 11.1 Å². The van der Waals surface area contributed by atoms with E-state index in [4.69, 9.17) is 4.52 Å². The van der Waals surface area contributed by atoms with Crippen LogP contribution in [0.5, 0.6) is 0 Å². The summed E-state index contributed by atoms with van der Waals surface area (Å²) in [5.41, 5.74) is 6.40. The monoisotopic (exact) mass is 335 g/mol. The van der Waals surface area contributed by atoms with Crippen molar-refractivity contribution in [2.45, 2.75) is 34.2 Å². The lowest BCUT2D eigenvalue weighted by atomic mass is 10.0. The molecule has 0 saturated heterocycles. The lowest BCUT2D eigenvalue weighted by Gasteiger charge is -2.09. The van der Waals surface area contributed by atoms with Crippen molar-refractivity contribution < 1.29 is 9.32 Å². The molecule has 0 spiro atoms. The van der Waals surface area contributed by atoms with Gasteiger partial charge in [0.1, 0.15) is 5.76 Å². The lowest BCUT2D eigenvalue weighted by Crippen LogP contribution is -2.23. The van der Waals surface area contributed by atoms with E-state index in [1.54, 1.807) is 6.07 Å². The van der Waals surface area contributed by atoms with E-state index in [-0.39, 0.29) is 5.91 Å². The highest BCUT2D eigenvalue weighted by Crippen LogP contribution is 2.27. The van der Waals surface area contributed by atoms with E-state index in [9.17, 15) is 4.79 Å². The molecule has 0 bridgehead atoms. The molecule has 3 rings (SSSR count). The highest BCUT2D eigenvalue weighted by atomic mass is 16.5. The quantitative estimate of drug-likeness (QED) is 0.785. The number of amides is 1. The second-order valence-corrected chi connectivity index (χ2v) is 6.21. The number of carbonyl (C=O) groups is 1. The van der Waals surface area contributed by atoms with E-state index in [1.807, 2.05) is 58.2 Å². The number of hydrogen-bond acceptors (Lipinski definition) is 4. The van der Waals surface area contributed by atoms with Crippen molar-refractivity contribution in [3.63, 3.8) is 0 Å². The first-order valence-electron chi connectivity index (χ1n) is 8.19. The molecule has 0 unspecified atom stereocenters. The minimum Gasteiger partial charge on any atom is -0.361 e. The summed E-state index contributed by atoms with van der Waals surface area (Å²) in [5.74, 6) is 0.630. The minimum absolute atomic E-state index is 0.117. The van der Waals surface area contributed by atoms with Crippen LogP contribution in [-0.4, -0.2) is 16.0 Å². The number of aromatic nitrogens is 2. The third-order valence-corrected chi connectivity index (χ3v) is 4.24. The molecule has 0 aliphatic rings. The topological polar surface area (TPSA) is 68.0 Å². The largest absolute Gasteiger partial charge is 0.361 e. The summed E-state index contributed by atoms with van der Waals surface area (Å²) in [5, 5.41) is 6.94. The van der Waals surface area contributed by atoms with E-state index < -0.39 is 0 Å². The van der Waals surface area contributed by atoms with Crippen LogP contribution in [0.1, 0.15) is 38.6 Å². The first kappa shape index (κ1) is 16.9. The Morgan fingerprint density at radius 3 is 2.64 bits per heavy atom. The Morgan fingerprint density at radius 1 is 1.16 bits per heavy atom. The standard InChI is InChI=1S/C20H21N3O2/c1-12-8-13(2)21-10-18(12)11-22-20(24)17-7-5-6-16(9-17)19-14(3)23-25-15(19)4/h5-10H,11H2,1-4H3,(H,22,24). The summed E-state index contributed by atoms with van der Waals surface area (Å²) in [7, 11) is 0. The van der Waals surface area contributed by atoms with Crippen LogP contribution in [0.4, 0.5) is 0 Å². The Labute approximate surface area is 147 Å². The summed E-state index contributed by atoms with van der Waals surface area (Å²) < 4.78 is 5.22. The second kappa shape index (κ2) is 6.89. The highest BCUT2D eigenvalue weighted by molar-refractivity contribution is 5.95. The fourth-order valence-electron chi connectivity index (χ4n) is 2.90. The van der Waals surface area contributed by atoms with E-state index in [0.29, 0.717) is 12.1 Å². The molecule has 2 aromatic heterocycles. The zero-order valence-corrected chi connectivity index (χ0v) is 14.9. The van der Waals surface area contributed by atoms with Gasteiger partial charge >= 0.3 is 0 Å². The molecule has 0 saturated carbocycles. The Kier molecular flexibility index (Phi) is 4.65. The smallest absolute Gasteiger partial charge is 0.251 e. The van der Waals surface area contributed by atoms with Gasteiger partial charge in [-0.1, -0.05) is 17.3 Å². The van der Waals surface area contributed by atoms with Gasteiger partial charge in [-0.15, -0.1) is 0 Å². The van der Waals surface area contributed by atoms with Gasteiger partial charge in [-0.25, -0.2) is 0 Å². The third kappa shape index (κ3) is 3.60. The van der Waals surface area contributed by atoms with Gasteiger partial charge in [0.05, 0.1) is 5.69 Å². The molecule has 3 aromatic rings. The van der Waals surface area contributed by atoms with Crippen molar-refractivity contribution in [1.29, 1.82) is 0 Å². The maximum Gasteiger partial charge on any atom is 0.251 e. The Balaban J connectivity index is 1.78. The summed E-state index contributed by atoms with van der Waals surface area (Å²) >= 11 is 0. The molecule has 1 N–H and O–H groups in total. The molecule has 5 nitrogen and oxygen atoms in total. The van der Waals surface area contributed by atoms with Crippen LogP contribution in [-0.2, 0) is 6.54 Å². The number of rotatable bonds is 4. The van der Waals surface area contributed by atoms with Gasteiger partial charge in [0.25, 0.3) is 5.91 Å². The van der Waals surface area contributed by atoms with Gasteiger partial charge in [-0.05, 0) is 62.6 Å². The number of benzene rings is 1. The summed E-state index contributed by atoms with van der Waals surface area (Å²) in [6.07, 6.45) is 1.81. The van der Waals surface area contributed by atoms with Crippen LogP contribution in [0.15, 0.2) is 41.1 Å². The normalized spacial score (nSPS) is 10.7. The maximum absolute atomic E-state index is 12.5. The summed E-state index contributed by atoms with van der Waals surface area (Å²) in [6.45, 7) is 8.19. The number of nitrogens with zero attached hydrogens (tertiary/aromatic N) is 2. The zero-order chi connectivity index (χ0) is 18.0. The van der Waals surface area contributed by atoms with E-state index in [2.05, 4.69) is 15.5 Å². The van der Waals surface area contributed by atoms with Crippen LogP contribution in [0.3, 0.4) is 0 Å². The predicted octanol–water partition coefficient (Wildman–Crippen LogP) is 3.90. The van der Waals surface area contributed by atoms with Crippen molar-refractivity contribution in [3.05, 3.63) is 70.4 Å². The van der Waals surface area contributed by atoms with Crippen LogP contribution in [0.25, 0.3) is 11.1 Å². The average Bonchev–Trinajstić information content (AvgIpc) is 2.92. The van der Waals surface area contributed by atoms with Gasteiger partial charge in [0.2, 0.25) is 0 Å². The van der Waals surface area contributed by atoms with E-state index in [1.165, 1.54) is 0 Å². The molecule has 1 amide bonds. The molecule has 0 aliphatic carbocycles. The van der Waals surface area contributed by atoms with E-state index in [0.717, 1.165) is 39.4 Å². The molecule has 2 heterocycles. The lowest BCUT2D eigenvalue weighted by molar-refractivity contribution is 0.0951. The van der Waals surface area contributed by atoms with Crippen LogP contribution >= 0.6 is 0 Å². The fraction of sp³-hybridized carbons (Fsp3) is 0.250. The van der Waals surface area contributed by atoms with Gasteiger partial charge in [-0.3, -0.25) is 9.78 Å². The average molecular weight is 335 g/mol. The van der Waals surface area contributed by atoms with Gasteiger partial charge in [0, 0.05) is 29.6 Å². The SMILES string of the molecule is Cc1cc(C)c(CNC(=O)c2cccc(-c3c(C)noc3C)c2)cn1. The Morgan fingerprint density at radius 2 is 1.96 bits per heavy atom. The van der Waals surface area contributed by atoms with Crippen LogP contribution in [0, 0.1) is 27.7 Å². The van der Waals surface area contributed by atoms with E-state index >= 15 is 0 Å². The summed E-state index contributed by atoms with van der Waals surface area (Å²) in [4.78, 5) is 16.8. The number of nitrogens with one attached hydrogen (secondary N) is 1. The zero-order valence-electron chi connectivity index (χ0n) is 14.9. The minimum atomic E-state index is -0.117. The highest BCUT2D eigenvalue weighted by Gasteiger charge is 2.14. The summed E-state index contributed by atoms with van der Waals surface area (Å²) in [6, 6.07) is 9.51. The molecular weight excluding hydrogens is 314 g/mol. The maximum atomic E-state index is 12.5. The molecule has 0 radical (unpaired) electrons. The van der Waals surface area contributed by atoms with Gasteiger partial charge in [-0.2, -0.15) is 0 Å². The van der Waals surface area contributed by atoms with Crippen LogP contribution in [0.2, 0.25) is 0 Å². The molecule has 0 aliphatic heterocycles. The van der Waals surface area contributed by atoms with Crippen LogP contribution < -0.4 is 5.32 Å². The molecule has 25 heavy (non-hydrogen) atoms. The number of pyridine rings is 1. The predicted molar refractivity (Wildman–Crippen MR) is 96.3 cm³/mol. The Bertz CT molecular complexity index is 909. The van der Waals surface area contributed by atoms with Crippen molar-refractivity contribution >= 4 is 5.91 Å². The third-order valence-electron chi connectivity index (χ3n) is 4.24. The molecule has 5 heteroatoms. The molecule has 0 fully saturated rings. The molecule has 0 atom stereocenters. The fourth-order valence-corrected chi connectivity index (χ4v) is 2.90. The van der Waals surface area contributed by atoms with Gasteiger partial charge < -0.3 is 9.84 Å². The van der Waals surface area contributed by atoms with Crippen molar-refractivity contribution in [2.75, 3.05) is 0 Å². The van der Waals surface area contributed by atoms with Crippen molar-refractivity contribution in [2.24, 2.45) is 0 Å².